The van der Waals surface area contributed by atoms with Gasteiger partial charge in [-0.3, -0.25) is 4.98 Å². The monoisotopic (exact) mass is 208 g/mol. The van der Waals surface area contributed by atoms with Crippen LogP contribution in [-0.4, -0.2) is 30.1 Å². The van der Waals surface area contributed by atoms with E-state index in [1.807, 2.05) is 19.1 Å². The highest BCUT2D eigenvalue weighted by molar-refractivity contribution is 5.67. The van der Waals surface area contributed by atoms with E-state index in [-0.39, 0.29) is 12.1 Å². The van der Waals surface area contributed by atoms with E-state index in [4.69, 9.17) is 0 Å². The topological polar surface area (TPSA) is 42.4 Å². The quantitative estimate of drug-likeness (QED) is 0.765. The lowest BCUT2D eigenvalue weighted by Crippen LogP contribution is -2.30. The minimum atomic E-state index is -0.328. The van der Waals surface area contributed by atoms with Crippen molar-refractivity contribution in [2.75, 3.05) is 14.2 Å². The molecule has 0 saturated heterocycles. The Morgan fingerprint density at radius 3 is 2.87 bits per heavy atom. The zero-order chi connectivity index (χ0) is 11.3. The number of pyridine rings is 1. The third-order valence-electron chi connectivity index (χ3n) is 2.39. The molecule has 0 aromatic carbocycles. The molecule has 1 heterocycles. The number of methoxy groups -OCH3 is 1. The van der Waals surface area contributed by atoms with Gasteiger partial charge in [-0.2, -0.15) is 0 Å². The summed E-state index contributed by atoms with van der Waals surface area (Å²) >= 11 is 0. The third kappa shape index (κ3) is 2.68. The van der Waals surface area contributed by atoms with Crippen molar-refractivity contribution in [3.63, 3.8) is 0 Å². The van der Waals surface area contributed by atoms with Gasteiger partial charge in [-0.25, -0.2) is 4.79 Å². The van der Waals surface area contributed by atoms with Gasteiger partial charge in [0.05, 0.1) is 13.2 Å². The van der Waals surface area contributed by atoms with Crippen LogP contribution in [0.25, 0.3) is 0 Å². The first-order chi connectivity index (χ1) is 7.20. The summed E-state index contributed by atoms with van der Waals surface area (Å²) in [6.45, 7) is 2.02. The molecular formula is C11H16N2O2. The molecule has 0 fully saturated rings. The van der Waals surface area contributed by atoms with Crippen molar-refractivity contribution in [1.29, 1.82) is 0 Å². The van der Waals surface area contributed by atoms with Crippen LogP contribution in [0.3, 0.4) is 0 Å². The van der Waals surface area contributed by atoms with E-state index in [9.17, 15) is 4.79 Å². The number of carbonyl (C=O) groups is 1. The molecular weight excluding hydrogens is 192 g/mol. The molecule has 1 atom stereocenters. The molecule has 15 heavy (non-hydrogen) atoms. The standard InChI is InChI=1S/C11H16N2O2/c1-4-10(13(2)11(14)15-3)9-6-5-7-12-8-9/h5-8,10H,4H2,1-3H3. The van der Waals surface area contributed by atoms with E-state index in [1.165, 1.54) is 7.11 Å². The summed E-state index contributed by atoms with van der Waals surface area (Å²) in [5.41, 5.74) is 1.02. The maximum absolute atomic E-state index is 11.4. The van der Waals surface area contributed by atoms with Gasteiger partial charge in [-0.1, -0.05) is 13.0 Å². The molecule has 1 rings (SSSR count). The first kappa shape index (κ1) is 11.5. The Bertz CT molecular complexity index is 314. The molecule has 0 spiro atoms. The molecule has 0 aliphatic carbocycles. The molecule has 0 saturated carbocycles. The highest BCUT2D eigenvalue weighted by atomic mass is 16.5. The van der Waals surface area contributed by atoms with E-state index in [0.717, 1.165) is 12.0 Å². The minimum absolute atomic E-state index is 0.0196. The van der Waals surface area contributed by atoms with E-state index >= 15 is 0 Å². The average molecular weight is 208 g/mol. The third-order valence-corrected chi connectivity index (χ3v) is 2.39. The van der Waals surface area contributed by atoms with Crippen molar-refractivity contribution in [1.82, 2.24) is 9.88 Å². The summed E-state index contributed by atoms with van der Waals surface area (Å²) in [7, 11) is 3.11. The van der Waals surface area contributed by atoms with Crippen molar-refractivity contribution in [3.05, 3.63) is 30.1 Å². The van der Waals surface area contributed by atoms with E-state index in [0.29, 0.717) is 0 Å². The number of rotatable bonds is 3. The Morgan fingerprint density at radius 2 is 2.40 bits per heavy atom. The number of carbonyl (C=O) groups excluding carboxylic acids is 1. The van der Waals surface area contributed by atoms with Gasteiger partial charge >= 0.3 is 6.09 Å². The van der Waals surface area contributed by atoms with Crippen molar-refractivity contribution < 1.29 is 9.53 Å². The summed E-state index contributed by atoms with van der Waals surface area (Å²) in [5.74, 6) is 0. The second-order valence-electron chi connectivity index (χ2n) is 3.29. The number of amides is 1. The lowest BCUT2D eigenvalue weighted by atomic mass is 10.1. The van der Waals surface area contributed by atoms with Gasteiger partial charge in [0.2, 0.25) is 0 Å². The number of hydrogen-bond acceptors (Lipinski definition) is 3. The van der Waals surface area contributed by atoms with Gasteiger partial charge < -0.3 is 9.64 Å². The predicted molar refractivity (Wildman–Crippen MR) is 57.4 cm³/mol. The van der Waals surface area contributed by atoms with Crippen LogP contribution in [0.4, 0.5) is 4.79 Å². The Kier molecular flexibility index (Phi) is 4.09. The number of ether oxygens (including phenoxy) is 1. The number of nitrogens with zero attached hydrogens (tertiary/aromatic N) is 2. The number of aromatic nitrogens is 1. The first-order valence-electron chi connectivity index (χ1n) is 4.91. The fraction of sp³-hybridized carbons (Fsp3) is 0.455. The number of hydrogen-bond donors (Lipinski definition) is 0. The summed E-state index contributed by atoms with van der Waals surface area (Å²) in [5, 5.41) is 0. The second kappa shape index (κ2) is 5.34. The van der Waals surface area contributed by atoms with Crippen LogP contribution in [0.5, 0.6) is 0 Å². The van der Waals surface area contributed by atoms with Gasteiger partial charge in [0.25, 0.3) is 0 Å². The fourth-order valence-electron chi connectivity index (χ4n) is 1.58. The van der Waals surface area contributed by atoms with Crippen LogP contribution in [-0.2, 0) is 4.74 Å². The molecule has 0 aliphatic heterocycles. The van der Waals surface area contributed by atoms with Crippen LogP contribution in [0, 0.1) is 0 Å². The van der Waals surface area contributed by atoms with Crippen LogP contribution in [0.1, 0.15) is 24.9 Å². The Morgan fingerprint density at radius 1 is 1.67 bits per heavy atom. The van der Waals surface area contributed by atoms with Gasteiger partial charge in [0.1, 0.15) is 0 Å². The normalized spacial score (nSPS) is 11.9. The average Bonchev–Trinajstić information content (AvgIpc) is 2.30. The van der Waals surface area contributed by atoms with E-state index in [2.05, 4.69) is 9.72 Å². The van der Waals surface area contributed by atoms with E-state index < -0.39 is 0 Å². The predicted octanol–water partition coefficient (Wildman–Crippen LogP) is 2.23. The summed E-state index contributed by atoms with van der Waals surface area (Å²) in [4.78, 5) is 17.0. The lowest BCUT2D eigenvalue weighted by molar-refractivity contribution is 0.116. The second-order valence-corrected chi connectivity index (χ2v) is 3.29. The molecule has 82 valence electrons. The fourth-order valence-corrected chi connectivity index (χ4v) is 1.58. The SMILES string of the molecule is CCC(c1cccnc1)N(C)C(=O)OC. The Balaban J connectivity index is 2.85. The Labute approximate surface area is 89.9 Å². The highest BCUT2D eigenvalue weighted by Gasteiger charge is 2.20. The molecule has 0 radical (unpaired) electrons. The van der Waals surface area contributed by atoms with Crippen molar-refractivity contribution in [3.8, 4) is 0 Å². The van der Waals surface area contributed by atoms with Crippen LogP contribution in [0.2, 0.25) is 0 Å². The van der Waals surface area contributed by atoms with Crippen molar-refractivity contribution >= 4 is 6.09 Å². The van der Waals surface area contributed by atoms with Gasteiger partial charge in [0.15, 0.2) is 0 Å². The first-order valence-corrected chi connectivity index (χ1v) is 4.91. The van der Waals surface area contributed by atoms with Crippen LogP contribution < -0.4 is 0 Å². The maximum atomic E-state index is 11.4. The van der Waals surface area contributed by atoms with Crippen LogP contribution in [0.15, 0.2) is 24.5 Å². The molecule has 1 amide bonds. The van der Waals surface area contributed by atoms with Gasteiger partial charge in [-0.15, -0.1) is 0 Å². The zero-order valence-electron chi connectivity index (χ0n) is 9.30. The molecule has 1 aromatic rings. The van der Waals surface area contributed by atoms with Gasteiger partial charge in [0, 0.05) is 19.4 Å². The largest absolute Gasteiger partial charge is 0.453 e. The van der Waals surface area contributed by atoms with E-state index in [1.54, 1.807) is 24.3 Å². The lowest BCUT2D eigenvalue weighted by Gasteiger charge is -2.25. The smallest absolute Gasteiger partial charge is 0.409 e. The van der Waals surface area contributed by atoms with Crippen LogP contribution >= 0.6 is 0 Å². The molecule has 1 aromatic heterocycles. The summed E-state index contributed by atoms with van der Waals surface area (Å²) < 4.78 is 4.68. The van der Waals surface area contributed by atoms with Crippen molar-refractivity contribution in [2.45, 2.75) is 19.4 Å². The molecule has 1 unspecified atom stereocenters. The van der Waals surface area contributed by atoms with Gasteiger partial charge in [-0.05, 0) is 18.1 Å². The summed E-state index contributed by atoms with van der Waals surface area (Å²) in [6.07, 6.45) is 3.99. The highest BCUT2D eigenvalue weighted by Crippen LogP contribution is 2.22. The molecule has 0 aliphatic rings. The minimum Gasteiger partial charge on any atom is -0.453 e. The molecule has 0 N–H and O–H groups in total. The van der Waals surface area contributed by atoms with Crippen molar-refractivity contribution in [2.24, 2.45) is 0 Å². The Hall–Kier alpha value is -1.58. The molecule has 4 heteroatoms. The maximum Gasteiger partial charge on any atom is 0.409 e. The zero-order valence-corrected chi connectivity index (χ0v) is 9.30. The molecule has 4 nitrogen and oxygen atoms in total. The molecule has 0 bridgehead atoms. The summed E-state index contributed by atoms with van der Waals surface area (Å²) in [6, 6.07) is 3.84.